The number of hydrogen-bond donors (Lipinski definition) is 0. The Morgan fingerprint density at radius 3 is 2.60 bits per heavy atom. The van der Waals surface area contributed by atoms with Crippen molar-refractivity contribution in [1.29, 1.82) is 0 Å². The standard InChI is InChI=1S/C10H9F3N2O5/c1-19-8(16)4-6-2-3-7(15(17)18)9(14-6)20-5-10(11,12)13/h2-3H,4-5H2,1H3. The van der Waals surface area contributed by atoms with Crippen LogP contribution in [-0.4, -0.2) is 35.8 Å². The van der Waals surface area contributed by atoms with E-state index < -0.39 is 35.2 Å². The smallest absolute Gasteiger partial charge is 0.422 e. The Balaban J connectivity index is 2.99. The highest BCUT2D eigenvalue weighted by molar-refractivity contribution is 5.72. The first-order valence-corrected chi connectivity index (χ1v) is 5.13. The minimum atomic E-state index is -4.66. The van der Waals surface area contributed by atoms with Gasteiger partial charge in [0.15, 0.2) is 6.61 Å². The van der Waals surface area contributed by atoms with Crippen molar-refractivity contribution in [3.63, 3.8) is 0 Å². The molecule has 0 saturated carbocycles. The Morgan fingerprint density at radius 2 is 2.10 bits per heavy atom. The number of esters is 1. The topological polar surface area (TPSA) is 91.6 Å². The van der Waals surface area contributed by atoms with Crippen molar-refractivity contribution in [2.24, 2.45) is 0 Å². The Morgan fingerprint density at radius 1 is 1.45 bits per heavy atom. The SMILES string of the molecule is COC(=O)Cc1ccc([N+](=O)[O-])c(OCC(F)(F)F)n1. The van der Waals surface area contributed by atoms with Gasteiger partial charge in [0.2, 0.25) is 0 Å². The van der Waals surface area contributed by atoms with Crippen molar-refractivity contribution in [3.05, 3.63) is 27.9 Å². The number of nitrogens with zero attached hydrogens (tertiary/aromatic N) is 2. The molecule has 0 amide bonds. The van der Waals surface area contributed by atoms with Crippen molar-refractivity contribution < 1.29 is 32.4 Å². The van der Waals surface area contributed by atoms with E-state index in [0.29, 0.717) is 0 Å². The molecule has 0 aliphatic carbocycles. The van der Waals surface area contributed by atoms with Gasteiger partial charge in [0, 0.05) is 6.07 Å². The molecule has 20 heavy (non-hydrogen) atoms. The molecule has 1 heterocycles. The van der Waals surface area contributed by atoms with Crippen molar-refractivity contribution in [3.8, 4) is 5.88 Å². The van der Waals surface area contributed by atoms with Crippen LogP contribution in [0, 0.1) is 10.1 Å². The summed E-state index contributed by atoms with van der Waals surface area (Å²) in [4.78, 5) is 24.3. The van der Waals surface area contributed by atoms with Crippen LogP contribution in [0.4, 0.5) is 18.9 Å². The predicted octanol–water partition coefficient (Wildman–Crippen LogP) is 1.65. The van der Waals surface area contributed by atoms with Gasteiger partial charge in [0.1, 0.15) is 0 Å². The molecule has 10 heteroatoms. The van der Waals surface area contributed by atoms with Gasteiger partial charge in [-0.2, -0.15) is 13.2 Å². The van der Waals surface area contributed by atoms with Crippen LogP contribution in [0.5, 0.6) is 5.88 Å². The summed E-state index contributed by atoms with van der Waals surface area (Å²) >= 11 is 0. The second kappa shape index (κ2) is 6.17. The molecule has 0 saturated heterocycles. The molecule has 1 rings (SSSR count). The molecular formula is C10H9F3N2O5. The van der Waals surface area contributed by atoms with Gasteiger partial charge >= 0.3 is 17.8 Å². The van der Waals surface area contributed by atoms with Crippen molar-refractivity contribution in [1.82, 2.24) is 4.98 Å². The summed E-state index contributed by atoms with van der Waals surface area (Å²) in [5.41, 5.74) is -0.720. The minimum Gasteiger partial charge on any atom is -0.469 e. The first-order valence-electron chi connectivity index (χ1n) is 5.13. The first-order chi connectivity index (χ1) is 9.23. The number of hydrogen-bond acceptors (Lipinski definition) is 6. The summed E-state index contributed by atoms with van der Waals surface area (Å²) in [6.07, 6.45) is -5.00. The molecule has 0 unspecified atom stereocenters. The third-order valence-electron chi connectivity index (χ3n) is 2.02. The highest BCUT2D eigenvalue weighted by atomic mass is 19.4. The maximum atomic E-state index is 12.0. The molecule has 0 radical (unpaired) electrons. The lowest BCUT2D eigenvalue weighted by molar-refractivity contribution is -0.386. The van der Waals surface area contributed by atoms with Crippen LogP contribution in [0.1, 0.15) is 5.69 Å². The molecule has 1 aromatic rings. The number of pyridine rings is 1. The van der Waals surface area contributed by atoms with Gasteiger partial charge < -0.3 is 9.47 Å². The van der Waals surface area contributed by atoms with E-state index >= 15 is 0 Å². The van der Waals surface area contributed by atoms with Gasteiger partial charge in [-0.05, 0) is 6.07 Å². The van der Waals surface area contributed by atoms with Gasteiger partial charge in [-0.1, -0.05) is 0 Å². The molecule has 0 bridgehead atoms. The largest absolute Gasteiger partial charge is 0.469 e. The molecule has 0 atom stereocenters. The number of ether oxygens (including phenoxy) is 2. The average molecular weight is 294 g/mol. The third kappa shape index (κ3) is 4.71. The van der Waals surface area contributed by atoms with Crippen LogP contribution in [-0.2, 0) is 16.0 Å². The third-order valence-corrected chi connectivity index (χ3v) is 2.02. The van der Waals surface area contributed by atoms with E-state index in [4.69, 9.17) is 0 Å². The van der Waals surface area contributed by atoms with Crippen LogP contribution in [0.2, 0.25) is 0 Å². The second-order valence-electron chi connectivity index (χ2n) is 3.54. The van der Waals surface area contributed by atoms with Crippen LogP contribution in [0.15, 0.2) is 12.1 Å². The van der Waals surface area contributed by atoms with E-state index in [1.807, 2.05) is 0 Å². The van der Waals surface area contributed by atoms with E-state index in [1.54, 1.807) is 0 Å². The fourth-order valence-electron chi connectivity index (χ4n) is 1.19. The number of methoxy groups -OCH3 is 1. The van der Waals surface area contributed by atoms with E-state index in [0.717, 1.165) is 19.2 Å². The number of aromatic nitrogens is 1. The van der Waals surface area contributed by atoms with Gasteiger partial charge in [0.25, 0.3) is 5.88 Å². The second-order valence-corrected chi connectivity index (χ2v) is 3.54. The summed E-state index contributed by atoms with van der Waals surface area (Å²) in [6.45, 7) is -1.72. The van der Waals surface area contributed by atoms with E-state index in [1.165, 1.54) is 0 Å². The van der Waals surface area contributed by atoms with Gasteiger partial charge in [-0.15, -0.1) is 0 Å². The minimum absolute atomic E-state index is 0.000348. The zero-order valence-electron chi connectivity index (χ0n) is 10.1. The number of rotatable bonds is 5. The Labute approximate surface area is 110 Å². The molecule has 7 nitrogen and oxygen atoms in total. The summed E-state index contributed by atoms with van der Waals surface area (Å²) < 4.78 is 44.8. The zero-order chi connectivity index (χ0) is 15.3. The summed E-state index contributed by atoms with van der Waals surface area (Å²) in [5, 5.41) is 10.6. The van der Waals surface area contributed by atoms with E-state index in [9.17, 15) is 28.1 Å². The van der Waals surface area contributed by atoms with E-state index in [2.05, 4.69) is 14.5 Å². The fraction of sp³-hybridized carbons (Fsp3) is 0.400. The summed E-state index contributed by atoms with van der Waals surface area (Å²) in [7, 11) is 1.12. The molecule has 0 spiro atoms. The monoisotopic (exact) mass is 294 g/mol. The molecule has 0 aliphatic rings. The summed E-state index contributed by atoms with van der Waals surface area (Å²) in [6, 6.07) is 2.05. The van der Waals surface area contributed by atoms with Crippen LogP contribution >= 0.6 is 0 Å². The van der Waals surface area contributed by atoms with Crippen LogP contribution in [0.3, 0.4) is 0 Å². The first kappa shape index (κ1) is 15.7. The van der Waals surface area contributed by atoms with Gasteiger partial charge in [0.05, 0.1) is 24.1 Å². The number of halogens is 3. The lowest BCUT2D eigenvalue weighted by Crippen LogP contribution is -2.20. The number of nitro groups is 1. The Hall–Kier alpha value is -2.39. The normalized spacial score (nSPS) is 11.0. The van der Waals surface area contributed by atoms with E-state index in [-0.39, 0.29) is 12.1 Å². The van der Waals surface area contributed by atoms with Gasteiger partial charge in [-0.25, -0.2) is 4.98 Å². The summed E-state index contributed by atoms with van der Waals surface area (Å²) in [5.74, 6) is -1.48. The zero-order valence-corrected chi connectivity index (χ0v) is 10.1. The van der Waals surface area contributed by atoms with Crippen molar-refractivity contribution >= 4 is 11.7 Å². The van der Waals surface area contributed by atoms with Crippen LogP contribution in [0.25, 0.3) is 0 Å². The lowest BCUT2D eigenvalue weighted by atomic mass is 10.2. The number of alkyl halides is 3. The number of carbonyl (C=O) groups is 1. The average Bonchev–Trinajstić information content (AvgIpc) is 2.35. The molecular weight excluding hydrogens is 285 g/mol. The molecule has 0 fully saturated rings. The van der Waals surface area contributed by atoms with Crippen LogP contribution < -0.4 is 4.74 Å². The Kier molecular flexibility index (Phi) is 4.83. The molecule has 1 aromatic heterocycles. The number of carbonyl (C=O) groups excluding carboxylic acids is 1. The maximum absolute atomic E-state index is 12.0. The molecule has 0 aromatic carbocycles. The fourth-order valence-corrected chi connectivity index (χ4v) is 1.19. The predicted molar refractivity (Wildman–Crippen MR) is 58.2 cm³/mol. The van der Waals surface area contributed by atoms with Gasteiger partial charge in [-0.3, -0.25) is 14.9 Å². The molecule has 110 valence electrons. The lowest BCUT2D eigenvalue weighted by Gasteiger charge is -2.09. The highest BCUT2D eigenvalue weighted by Gasteiger charge is 2.30. The molecule has 0 aliphatic heterocycles. The highest BCUT2D eigenvalue weighted by Crippen LogP contribution is 2.26. The Bertz CT molecular complexity index is 518. The molecule has 0 N–H and O–H groups in total. The van der Waals surface area contributed by atoms with Crippen molar-refractivity contribution in [2.45, 2.75) is 12.6 Å². The quantitative estimate of drug-likeness (QED) is 0.466. The van der Waals surface area contributed by atoms with Crippen molar-refractivity contribution in [2.75, 3.05) is 13.7 Å². The maximum Gasteiger partial charge on any atom is 0.422 e.